The quantitative estimate of drug-likeness (QED) is 0.896. The number of piperidine rings is 1. The van der Waals surface area contributed by atoms with Gasteiger partial charge in [0.25, 0.3) is 5.91 Å². The predicted molar refractivity (Wildman–Crippen MR) is 85.7 cm³/mol. The van der Waals surface area contributed by atoms with E-state index in [0.717, 1.165) is 49.3 Å². The summed E-state index contributed by atoms with van der Waals surface area (Å²) < 4.78 is 0. The second kappa shape index (κ2) is 6.94. The lowest BCUT2D eigenvalue weighted by atomic mass is 9.91. The van der Waals surface area contributed by atoms with E-state index in [2.05, 4.69) is 12.2 Å². The van der Waals surface area contributed by atoms with Gasteiger partial charge in [-0.05, 0) is 63.3 Å². The molecule has 1 aliphatic heterocycles. The number of rotatable bonds is 4. The maximum Gasteiger partial charge on any atom is 0.254 e. The third-order valence-electron chi connectivity index (χ3n) is 4.35. The highest BCUT2D eigenvalue weighted by molar-refractivity contribution is 5.96. The fraction of sp³-hybridized carbons (Fsp3) is 0.588. The van der Waals surface area contributed by atoms with Crippen LogP contribution in [0, 0.1) is 12.8 Å². The van der Waals surface area contributed by atoms with Gasteiger partial charge in [-0.2, -0.15) is 0 Å². The van der Waals surface area contributed by atoms with Gasteiger partial charge < -0.3 is 15.3 Å². The minimum atomic E-state index is -0.275. The van der Waals surface area contributed by atoms with E-state index in [1.165, 1.54) is 0 Å². The third-order valence-corrected chi connectivity index (χ3v) is 4.35. The molecule has 0 aliphatic carbocycles. The van der Waals surface area contributed by atoms with Crippen molar-refractivity contribution in [1.29, 1.82) is 0 Å². The van der Waals surface area contributed by atoms with Gasteiger partial charge in [-0.3, -0.25) is 4.79 Å². The van der Waals surface area contributed by atoms with Crippen molar-refractivity contribution in [3.8, 4) is 0 Å². The van der Waals surface area contributed by atoms with E-state index < -0.39 is 0 Å². The second-order valence-corrected chi connectivity index (χ2v) is 5.93. The minimum absolute atomic E-state index is 0.111. The topological polar surface area (TPSA) is 52.6 Å². The lowest BCUT2D eigenvalue weighted by Crippen LogP contribution is -2.41. The summed E-state index contributed by atoms with van der Waals surface area (Å²) in [4.78, 5) is 14.5. The second-order valence-electron chi connectivity index (χ2n) is 5.93. The number of carbonyl (C=O) groups excluding carboxylic acids is 1. The molecule has 1 heterocycles. The first-order valence-corrected chi connectivity index (χ1v) is 7.84. The molecule has 2 N–H and O–H groups in total. The summed E-state index contributed by atoms with van der Waals surface area (Å²) in [7, 11) is 0. The summed E-state index contributed by atoms with van der Waals surface area (Å²) in [6, 6.07) is 5.90. The van der Waals surface area contributed by atoms with E-state index in [-0.39, 0.29) is 12.0 Å². The molecule has 1 aromatic carbocycles. The first-order valence-electron chi connectivity index (χ1n) is 7.84. The van der Waals surface area contributed by atoms with Crippen molar-refractivity contribution in [2.24, 2.45) is 5.92 Å². The molecule has 4 nitrogen and oxygen atoms in total. The van der Waals surface area contributed by atoms with Crippen LogP contribution in [0.25, 0.3) is 0 Å². The number of anilines is 1. The Morgan fingerprint density at radius 3 is 2.62 bits per heavy atom. The zero-order valence-corrected chi connectivity index (χ0v) is 13.2. The Kier molecular flexibility index (Phi) is 5.23. The fourth-order valence-corrected chi connectivity index (χ4v) is 2.97. The average molecular weight is 290 g/mol. The first kappa shape index (κ1) is 15.8. The van der Waals surface area contributed by atoms with E-state index in [4.69, 9.17) is 0 Å². The lowest BCUT2D eigenvalue weighted by Gasteiger charge is -2.33. The number of amides is 1. The molecule has 0 saturated carbocycles. The van der Waals surface area contributed by atoms with E-state index in [0.29, 0.717) is 5.92 Å². The van der Waals surface area contributed by atoms with Crippen LogP contribution in [0.15, 0.2) is 18.2 Å². The molecule has 0 spiro atoms. The van der Waals surface area contributed by atoms with Crippen molar-refractivity contribution < 1.29 is 9.90 Å². The molecular formula is C17H26N2O2. The van der Waals surface area contributed by atoms with E-state index in [1.54, 1.807) is 0 Å². The van der Waals surface area contributed by atoms with E-state index in [9.17, 15) is 9.90 Å². The van der Waals surface area contributed by atoms with Gasteiger partial charge in [0.2, 0.25) is 0 Å². The molecular weight excluding hydrogens is 264 g/mol. The smallest absolute Gasteiger partial charge is 0.254 e. The molecule has 0 aromatic heterocycles. The van der Waals surface area contributed by atoms with Crippen LogP contribution in [-0.2, 0) is 0 Å². The Balaban J connectivity index is 2.04. The zero-order valence-electron chi connectivity index (χ0n) is 13.2. The van der Waals surface area contributed by atoms with Crippen LogP contribution >= 0.6 is 0 Å². The maximum atomic E-state index is 12.6. The molecule has 1 unspecified atom stereocenters. The van der Waals surface area contributed by atoms with Gasteiger partial charge in [-0.15, -0.1) is 0 Å². The molecule has 1 aromatic rings. The Morgan fingerprint density at radius 2 is 2.10 bits per heavy atom. The van der Waals surface area contributed by atoms with Crippen LogP contribution in [0.1, 0.15) is 42.6 Å². The highest BCUT2D eigenvalue weighted by Gasteiger charge is 2.26. The normalized spacial score (nSPS) is 17.6. The lowest BCUT2D eigenvalue weighted by molar-refractivity contribution is 0.0521. The molecule has 1 fully saturated rings. The number of hydrogen-bond acceptors (Lipinski definition) is 3. The van der Waals surface area contributed by atoms with Gasteiger partial charge in [0.1, 0.15) is 0 Å². The van der Waals surface area contributed by atoms with Crippen LogP contribution in [0.3, 0.4) is 0 Å². The molecule has 2 rings (SSSR count). The Hall–Kier alpha value is -1.55. The van der Waals surface area contributed by atoms with Gasteiger partial charge in [-0.1, -0.05) is 0 Å². The number of nitrogens with zero attached hydrogens (tertiary/aromatic N) is 1. The Labute approximate surface area is 127 Å². The predicted octanol–water partition coefficient (Wildman–Crippen LogP) is 2.66. The number of likely N-dealkylation sites (tertiary alicyclic amines) is 1. The molecule has 1 atom stereocenters. The molecule has 21 heavy (non-hydrogen) atoms. The van der Waals surface area contributed by atoms with Crippen molar-refractivity contribution in [2.45, 2.75) is 39.7 Å². The Morgan fingerprint density at radius 1 is 1.43 bits per heavy atom. The van der Waals surface area contributed by atoms with Crippen molar-refractivity contribution >= 4 is 11.6 Å². The van der Waals surface area contributed by atoms with Gasteiger partial charge >= 0.3 is 0 Å². The average Bonchev–Trinajstić information content (AvgIpc) is 2.47. The summed E-state index contributed by atoms with van der Waals surface area (Å²) in [6.45, 7) is 8.23. The summed E-state index contributed by atoms with van der Waals surface area (Å²) in [5.41, 5.74) is 2.85. The van der Waals surface area contributed by atoms with E-state index >= 15 is 0 Å². The fourth-order valence-electron chi connectivity index (χ4n) is 2.97. The monoisotopic (exact) mass is 290 g/mol. The van der Waals surface area contributed by atoms with Gasteiger partial charge in [-0.25, -0.2) is 0 Å². The zero-order chi connectivity index (χ0) is 15.4. The number of aliphatic hydroxyl groups is 1. The highest BCUT2D eigenvalue weighted by Crippen LogP contribution is 2.23. The van der Waals surface area contributed by atoms with Gasteiger partial charge in [0, 0.05) is 30.9 Å². The van der Waals surface area contributed by atoms with Crippen LogP contribution in [0.4, 0.5) is 5.69 Å². The van der Waals surface area contributed by atoms with Gasteiger partial charge in [0.15, 0.2) is 0 Å². The third kappa shape index (κ3) is 3.76. The van der Waals surface area contributed by atoms with Crippen molar-refractivity contribution in [1.82, 2.24) is 4.90 Å². The van der Waals surface area contributed by atoms with Crippen molar-refractivity contribution in [2.75, 3.05) is 25.0 Å². The molecule has 1 saturated heterocycles. The SMILES string of the molecule is CCNc1ccc(C(=O)N2CCC(C(C)O)CC2)c(C)c1. The summed E-state index contributed by atoms with van der Waals surface area (Å²) >= 11 is 0. The summed E-state index contributed by atoms with van der Waals surface area (Å²) in [6.07, 6.45) is 1.50. The minimum Gasteiger partial charge on any atom is -0.393 e. The summed E-state index contributed by atoms with van der Waals surface area (Å²) in [5.74, 6) is 0.436. The maximum absolute atomic E-state index is 12.6. The largest absolute Gasteiger partial charge is 0.393 e. The number of benzene rings is 1. The molecule has 4 heteroatoms. The highest BCUT2D eigenvalue weighted by atomic mass is 16.3. The van der Waals surface area contributed by atoms with Gasteiger partial charge in [0.05, 0.1) is 6.10 Å². The number of carbonyl (C=O) groups is 1. The van der Waals surface area contributed by atoms with Crippen LogP contribution in [0.2, 0.25) is 0 Å². The number of aliphatic hydroxyl groups excluding tert-OH is 1. The first-order chi connectivity index (χ1) is 10.0. The number of aryl methyl sites for hydroxylation is 1. The molecule has 1 aliphatic rings. The molecule has 0 bridgehead atoms. The molecule has 1 amide bonds. The molecule has 0 radical (unpaired) electrons. The van der Waals surface area contributed by atoms with Crippen molar-refractivity contribution in [3.05, 3.63) is 29.3 Å². The van der Waals surface area contributed by atoms with Crippen LogP contribution in [0.5, 0.6) is 0 Å². The standard InChI is InChI=1S/C17H26N2O2/c1-4-18-15-5-6-16(12(2)11-15)17(21)19-9-7-14(8-10-19)13(3)20/h5-6,11,13-14,18,20H,4,7-10H2,1-3H3. The number of nitrogens with one attached hydrogen (secondary N) is 1. The van der Waals surface area contributed by atoms with E-state index in [1.807, 2.05) is 36.9 Å². The van der Waals surface area contributed by atoms with Crippen LogP contribution < -0.4 is 5.32 Å². The summed E-state index contributed by atoms with van der Waals surface area (Å²) in [5, 5.41) is 12.9. The number of hydrogen-bond donors (Lipinski definition) is 2. The van der Waals surface area contributed by atoms with Crippen LogP contribution in [-0.4, -0.2) is 41.7 Å². The Bertz CT molecular complexity index is 492. The molecule has 116 valence electrons. The van der Waals surface area contributed by atoms with Crippen molar-refractivity contribution in [3.63, 3.8) is 0 Å².